The Morgan fingerprint density at radius 1 is 1.43 bits per heavy atom. The summed E-state index contributed by atoms with van der Waals surface area (Å²) in [6, 6.07) is 4.77. The molecule has 0 amide bonds. The van der Waals surface area contributed by atoms with Crippen molar-refractivity contribution in [2.45, 2.75) is 18.0 Å². The number of methoxy groups -OCH3 is 2. The molecule has 2 rings (SSSR count). The maximum absolute atomic E-state index is 12.0. The third kappa shape index (κ3) is 2.74. The SMILES string of the molecule is COC(=O)[C@@H]1C[C@](CO)(C(=O)OC)N[C@@H]1c1ccccn1. The van der Waals surface area contributed by atoms with Gasteiger partial charge in [0.15, 0.2) is 0 Å². The maximum Gasteiger partial charge on any atom is 0.328 e. The summed E-state index contributed by atoms with van der Waals surface area (Å²) in [5.41, 5.74) is -0.720. The molecule has 2 N–H and O–H groups in total. The highest BCUT2D eigenvalue weighted by molar-refractivity contribution is 5.84. The molecule has 1 aromatic heterocycles. The van der Waals surface area contributed by atoms with Crippen molar-refractivity contribution in [3.63, 3.8) is 0 Å². The minimum Gasteiger partial charge on any atom is -0.469 e. The highest BCUT2D eigenvalue weighted by Crippen LogP contribution is 2.38. The minimum atomic E-state index is -1.32. The second kappa shape index (κ2) is 6.19. The van der Waals surface area contributed by atoms with Crippen LogP contribution in [0.15, 0.2) is 24.4 Å². The molecule has 1 aliphatic heterocycles. The number of hydrogen-bond acceptors (Lipinski definition) is 7. The summed E-state index contributed by atoms with van der Waals surface area (Å²) in [6.45, 7) is -0.476. The van der Waals surface area contributed by atoms with Crippen molar-refractivity contribution < 1.29 is 24.2 Å². The number of hydrogen-bond donors (Lipinski definition) is 2. The van der Waals surface area contributed by atoms with Gasteiger partial charge in [0.25, 0.3) is 0 Å². The van der Waals surface area contributed by atoms with Crippen molar-refractivity contribution in [1.29, 1.82) is 0 Å². The van der Waals surface area contributed by atoms with E-state index in [4.69, 9.17) is 9.47 Å². The molecule has 1 aromatic rings. The number of aromatic nitrogens is 1. The lowest BCUT2D eigenvalue weighted by molar-refractivity contribution is -0.150. The van der Waals surface area contributed by atoms with Crippen LogP contribution in [0.4, 0.5) is 0 Å². The second-order valence-electron chi connectivity index (χ2n) is 4.94. The Kier molecular flexibility index (Phi) is 4.54. The number of esters is 2. The van der Waals surface area contributed by atoms with Crippen LogP contribution in [-0.4, -0.2) is 48.4 Å². The highest BCUT2D eigenvalue weighted by Gasteiger charge is 2.54. The second-order valence-corrected chi connectivity index (χ2v) is 4.94. The summed E-state index contributed by atoms with van der Waals surface area (Å²) in [5, 5.41) is 12.6. The van der Waals surface area contributed by atoms with Crippen molar-refractivity contribution in [1.82, 2.24) is 10.3 Å². The van der Waals surface area contributed by atoms with Crippen LogP contribution in [-0.2, 0) is 19.1 Å². The van der Waals surface area contributed by atoms with Crippen LogP contribution in [0, 0.1) is 5.92 Å². The number of aliphatic hydroxyl groups excluding tert-OH is 1. The fraction of sp³-hybridized carbons (Fsp3) is 0.500. The lowest BCUT2D eigenvalue weighted by atomic mass is 9.91. The fourth-order valence-corrected chi connectivity index (χ4v) is 2.67. The van der Waals surface area contributed by atoms with E-state index in [9.17, 15) is 14.7 Å². The van der Waals surface area contributed by atoms with E-state index in [-0.39, 0.29) is 6.42 Å². The van der Waals surface area contributed by atoms with Crippen LogP contribution < -0.4 is 5.32 Å². The number of rotatable bonds is 4. The summed E-state index contributed by atoms with van der Waals surface area (Å²) in [5.74, 6) is -1.70. The van der Waals surface area contributed by atoms with Crippen LogP contribution in [0.2, 0.25) is 0 Å². The Balaban J connectivity index is 2.38. The largest absolute Gasteiger partial charge is 0.469 e. The number of carbonyl (C=O) groups excluding carboxylic acids is 2. The van der Waals surface area contributed by atoms with Gasteiger partial charge in [-0.25, -0.2) is 4.79 Å². The van der Waals surface area contributed by atoms with Gasteiger partial charge in [-0.2, -0.15) is 0 Å². The summed E-state index contributed by atoms with van der Waals surface area (Å²) >= 11 is 0. The maximum atomic E-state index is 12.0. The lowest BCUT2D eigenvalue weighted by Crippen LogP contribution is -2.52. The van der Waals surface area contributed by atoms with E-state index >= 15 is 0 Å². The molecule has 1 fully saturated rings. The Morgan fingerprint density at radius 2 is 2.19 bits per heavy atom. The zero-order chi connectivity index (χ0) is 15.5. The van der Waals surface area contributed by atoms with Gasteiger partial charge >= 0.3 is 11.9 Å². The molecule has 0 saturated carbocycles. The predicted molar refractivity (Wildman–Crippen MR) is 72.1 cm³/mol. The molecule has 7 nitrogen and oxygen atoms in total. The molecule has 0 aromatic carbocycles. The average molecular weight is 294 g/mol. The number of aliphatic hydroxyl groups is 1. The molecule has 7 heteroatoms. The summed E-state index contributed by atoms with van der Waals surface area (Å²) in [7, 11) is 2.53. The Hall–Kier alpha value is -1.99. The number of nitrogens with zero attached hydrogens (tertiary/aromatic N) is 1. The minimum absolute atomic E-state index is 0.0874. The van der Waals surface area contributed by atoms with E-state index in [2.05, 4.69) is 10.3 Å². The molecule has 3 atom stereocenters. The smallest absolute Gasteiger partial charge is 0.328 e. The summed E-state index contributed by atoms with van der Waals surface area (Å²) < 4.78 is 9.54. The molecule has 1 aliphatic rings. The molecule has 0 bridgehead atoms. The van der Waals surface area contributed by atoms with E-state index in [1.165, 1.54) is 14.2 Å². The number of nitrogens with one attached hydrogen (secondary N) is 1. The van der Waals surface area contributed by atoms with Gasteiger partial charge in [-0.1, -0.05) is 6.07 Å². The van der Waals surface area contributed by atoms with Crippen LogP contribution in [0.5, 0.6) is 0 Å². The van der Waals surface area contributed by atoms with E-state index in [0.717, 1.165) is 0 Å². The molecule has 114 valence electrons. The molecule has 0 aliphatic carbocycles. The predicted octanol–water partition coefficient (Wildman–Crippen LogP) is -0.191. The van der Waals surface area contributed by atoms with E-state index in [1.54, 1.807) is 24.4 Å². The third-order valence-corrected chi connectivity index (χ3v) is 3.76. The number of carbonyl (C=O) groups is 2. The molecule has 0 unspecified atom stereocenters. The van der Waals surface area contributed by atoms with Gasteiger partial charge in [0.05, 0.1) is 38.5 Å². The standard InChI is InChI=1S/C14H18N2O5/c1-20-12(18)9-7-14(8-17,13(19)21-2)16-11(9)10-5-3-4-6-15-10/h3-6,9,11,16-17H,7-8H2,1-2H3/t9-,11+,14+/m1/s1. The van der Waals surface area contributed by atoms with Crippen molar-refractivity contribution in [2.24, 2.45) is 5.92 Å². The van der Waals surface area contributed by atoms with E-state index < -0.39 is 36.0 Å². The Bertz CT molecular complexity index is 521. The molecule has 21 heavy (non-hydrogen) atoms. The number of pyridine rings is 1. The van der Waals surface area contributed by atoms with Crippen LogP contribution in [0.1, 0.15) is 18.2 Å². The molecule has 1 saturated heterocycles. The average Bonchev–Trinajstić information content (AvgIpc) is 2.95. The van der Waals surface area contributed by atoms with E-state index in [0.29, 0.717) is 5.69 Å². The first kappa shape index (κ1) is 15.4. The topological polar surface area (TPSA) is 97.8 Å². The van der Waals surface area contributed by atoms with Crippen molar-refractivity contribution in [2.75, 3.05) is 20.8 Å². The van der Waals surface area contributed by atoms with Gasteiger partial charge in [0, 0.05) is 6.20 Å². The van der Waals surface area contributed by atoms with Crippen molar-refractivity contribution in [3.05, 3.63) is 30.1 Å². The molecule has 2 heterocycles. The molecular weight excluding hydrogens is 276 g/mol. The van der Waals surface area contributed by atoms with Gasteiger partial charge in [-0.3, -0.25) is 15.1 Å². The monoisotopic (exact) mass is 294 g/mol. The molecule has 0 radical (unpaired) electrons. The third-order valence-electron chi connectivity index (χ3n) is 3.76. The first-order valence-corrected chi connectivity index (χ1v) is 6.53. The van der Waals surface area contributed by atoms with Gasteiger partial charge in [-0.15, -0.1) is 0 Å². The quantitative estimate of drug-likeness (QED) is 0.743. The fourth-order valence-electron chi connectivity index (χ4n) is 2.67. The number of ether oxygens (including phenoxy) is 2. The van der Waals surface area contributed by atoms with Gasteiger partial charge in [-0.05, 0) is 18.6 Å². The normalized spacial score (nSPS) is 28.1. The Labute approximate surface area is 122 Å². The van der Waals surface area contributed by atoms with Gasteiger partial charge in [0.1, 0.15) is 5.54 Å². The van der Waals surface area contributed by atoms with Crippen LogP contribution >= 0.6 is 0 Å². The van der Waals surface area contributed by atoms with E-state index in [1.807, 2.05) is 0 Å². The molecule has 0 spiro atoms. The van der Waals surface area contributed by atoms with Crippen LogP contribution in [0.3, 0.4) is 0 Å². The lowest BCUT2D eigenvalue weighted by Gasteiger charge is -2.24. The van der Waals surface area contributed by atoms with Gasteiger partial charge < -0.3 is 14.6 Å². The van der Waals surface area contributed by atoms with Crippen molar-refractivity contribution in [3.8, 4) is 0 Å². The van der Waals surface area contributed by atoms with Crippen LogP contribution in [0.25, 0.3) is 0 Å². The van der Waals surface area contributed by atoms with Crippen molar-refractivity contribution >= 4 is 11.9 Å². The summed E-state index contributed by atoms with van der Waals surface area (Å²) in [4.78, 5) is 28.2. The first-order valence-electron chi connectivity index (χ1n) is 6.53. The van der Waals surface area contributed by atoms with Gasteiger partial charge in [0.2, 0.25) is 0 Å². The highest BCUT2D eigenvalue weighted by atomic mass is 16.5. The Morgan fingerprint density at radius 3 is 2.71 bits per heavy atom. The first-order chi connectivity index (χ1) is 10.1. The zero-order valence-corrected chi connectivity index (χ0v) is 11.9. The molecular formula is C14H18N2O5. The zero-order valence-electron chi connectivity index (χ0n) is 11.9. The summed E-state index contributed by atoms with van der Waals surface area (Å²) in [6.07, 6.45) is 1.69.